The molecule has 10 heteroatoms. The van der Waals surface area contributed by atoms with Crippen molar-refractivity contribution in [2.75, 3.05) is 0 Å². The van der Waals surface area contributed by atoms with Crippen LogP contribution < -0.4 is 11.1 Å². The smallest absolute Gasteiger partial charge is 0.370 e. The number of nitrogens with two attached hydrogens (primary N) is 1. The number of rotatable bonds is 3. The van der Waals surface area contributed by atoms with Crippen molar-refractivity contribution in [1.82, 2.24) is 19.9 Å². The van der Waals surface area contributed by atoms with Crippen molar-refractivity contribution in [2.24, 2.45) is 10.7 Å². The first-order valence-corrected chi connectivity index (χ1v) is 7.89. The molecule has 0 spiro atoms. The number of aromatic nitrogens is 3. The van der Waals surface area contributed by atoms with E-state index in [0.29, 0.717) is 6.04 Å². The van der Waals surface area contributed by atoms with Crippen molar-refractivity contribution in [2.45, 2.75) is 44.4 Å². The summed E-state index contributed by atoms with van der Waals surface area (Å²) in [4.78, 5) is 4.14. The van der Waals surface area contributed by atoms with Crippen LogP contribution in [0.25, 0.3) is 5.65 Å². The van der Waals surface area contributed by atoms with E-state index in [1.807, 2.05) is 0 Å². The Hall–Kier alpha value is -2.03. The van der Waals surface area contributed by atoms with Gasteiger partial charge in [0, 0.05) is 12.2 Å². The third-order valence-electron chi connectivity index (χ3n) is 3.96. The van der Waals surface area contributed by atoms with Crippen LogP contribution in [0.1, 0.15) is 37.1 Å². The highest BCUT2D eigenvalue weighted by atomic mass is 35.5. The van der Waals surface area contributed by atoms with E-state index in [2.05, 4.69) is 20.5 Å². The van der Waals surface area contributed by atoms with E-state index in [-0.39, 0.29) is 29.0 Å². The third-order valence-corrected chi connectivity index (χ3v) is 4.23. The summed E-state index contributed by atoms with van der Waals surface area (Å²) in [5.74, 6) is 0.478. The van der Waals surface area contributed by atoms with Crippen molar-refractivity contribution in [3.8, 4) is 0 Å². The number of hydrogen-bond acceptors (Lipinski definition) is 3. The van der Waals surface area contributed by atoms with E-state index in [0.717, 1.165) is 37.9 Å². The Labute approximate surface area is 140 Å². The van der Waals surface area contributed by atoms with Crippen molar-refractivity contribution in [3.05, 3.63) is 28.7 Å². The van der Waals surface area contributed by atoms with Gasteiger partial charge in [0.1, 0.15) is 6.54 Å². The molecule has 6 nitrogen and oxygen atoms in total. The van der Waals surface area contributed by atoms with Crippen molar-refractivity contribution in [3.63, 3.8) is 0 Å². The molecule has 24 heavy (non-hydrogen) atoms. The number of aliphatic imine (C=N–C) groups is 1. The largest absolute Gasteiger partial charge is 0.417 e. The predicted octanol–water partition coefficient (Wildman–Crippen LogP) is 2.75. The molecule has 130 valence electrons. The second-order valence-electron chi connectivity index (χ2n) is 5.71. The highest BCUT2D eigenvalue weighted by Crippen LogP contribution is 2.32. The summed E-state index contributed by atoms with van der Waals surface area (Å²) < 4.78 is 39.9. The van der Waals surface area contributed by atoms with E-state index in [4.69, 9.17) is 17.3 Å². The lowest BCUT2D eigenvalue weighted by molar-refractivity contribution is -0.137. The lowest BCUT2D eigenvalue weighted by Gasteiger charge is -2.12. The maximum Gasteiger partial charge on any atom is 0.417 e. The highest BCUT2D eigenvalue weighted by Gasteiger charge is 2.32. The fourth-order valence-corrected chi connectivity index (χ4v) is 2.99. The summed E-state index contributed by atoms with van der Waals surface area (Å²) >= 11 is 5.86. The molecule has 0 radical (unpaired) electrons. The summed E-state index contributed by atoms with van der Waals surface area (Å²) in [5, 5.41) is 10.6. The summed E-state index contributed by atoms with van der Waals surface area (Å²) in [6, 6.07) is 1.13. The van der Waals surface area contributed by atoms with Crippen LogP contribution in [0.15, 0.2) is 17.3 Å². The Bertz CT molecular complexity index is 764. The van der Waals surface area contributed by atoms with Gasteiger partial charge in [0.2, 0.25) is 0 Å². The van der Waals surface area contributed by atoms with Gasteiger partial charge < -0.3 is 11.1 Å². The molecule has 3 rings (SSSR count). The standard InChI is InChI=1S/C14H16ClF3N6/c15-10-5-8(14(16,17)18)7-24-11(22-23-12(10)24)6-20-13(19)21-9-3-1-2-4-9/h5,7,9H,1-4,6H2,(H3,19,20,21). The van der Waals surface area contributed by atoms with Crippen LogP contribution in [0.2, 0.25) is 5.02 Å². The monoisotopic (exact) mass is 360 g/mol. The van der Waals surface area contributed by atoms with Crippen LogP contribution in [0.5, 0.6) is 0 Å². The van der Waals surface area contributed by atoms with Crippen LogP contribution in [-0.4, -0.2) is 26.6 Å². The number of nitrogens with one attached hydrogen (secondary N) is 1. The molecule has 1 aliphatic rings. The minimum atomic E-state index is -4.51. The van der Waals surface area contributed by atoms with E-state index in [1.165, 1.54) is 4.40 Å². The SMILES string of the molecule is NC(=NCc1nnc2c(Cl)cc(C(F)(F)F)cn12)NC1CCCC1. The number of alkyl halides is 3. The third kappa shape index (κ3) is 3.55. The Morgan fingerprint density at radius 1 is 1.38 bits per heavy atom. The summed E-state index contributed by atoms with van der Waals surface area (Å²) in [7, 11) is 0. The lowest BCUT2D eigenvalue weighted by atomic mass is 10.2. The minimum Gasteiger partial charge on any atom is -0.370 e. The number of halogens is 4. The normalized spacial score (nSPS) is 16.9. The Kier molecular flexibility index (Phi) is 4.53. The van der Waals surface area contributed by atoms with Gasteiger partial charge in [-0.15, -0.1) is 10.2 Å². The van der Waals surface area contributed by atoms with Crippen LogP contribution in [0.4, 0.5) is 13.2 Å². The minimum absolute atomic E-state index is 0.00432. The zero-order chi connectivity index (χ0) is 17.3. The highest BCUT2D eigenvalue weighted by molar-refractivity contribution is 6.33. The van der Waals surface area contributed by atoms with Crippen molar-refractivity contribution >= 4 is 23.2 Å². The Balaban J connectivity index is 1.82. The molecule has 3 N–H and O–H groups in total. The Morgan fingerprint density at radius 3 is 2.75 bits per heavy atom. The number of nitrogens with zero attached hydrogens (tertiary/aromatic N) is 4. The zero-order valence-electron chi connectivity index (χ0n) is 12.6. The molecule has 0 bridgehead atoms. The quantitative estimate of drug-likeness (QED) is 0.651. The lowest BCUT2D eigenvalue weighted by Crippen LogP contribution is -2.38. The van der Waals surface area contributed by atoms with Crippen LogP contribution in [0, 0.1) is 0 Å². The number of hydrogen-bond donors (Lipinski definition) is 2. The first-order chi connectivity index (χ1) is 11.3. The average molecular weight is 361 g/mol. The van der Waals surface area contributed by atoms with Gasteiger partial charge in [0.15, 0.2) is 17.4 Å². The number of guanidine groups is 1. The van der Waals surface area contributed by atoms with E-state index < -0.39 is 11.7 Å². The zero-order valence-corrected chi connectivity index (χ0v) is 13.4. The molecule has 1 aliphatic carbocycles. The van der Waals surface area contributed by atoms with Gasteiger partial charge in [-0.05, 0) is 18.9 Å². The van der Waals surface area contributed by atoms with Gasteiger partial charge in [-0.3, -0.25) is 4.40 Å². The molecule has 0 unspecified atom stereocenters. The fraction of sp³-hybridized carbons (Fsp3) is 0.500. The van der Waals surface area contributed by atoms with Gasteiger partial charge in [-0.25, -0.2) is 4.99 Å². The van der Waals surface area contributed by atoms with Gasteiger partial charge in [-0.1, -0.05) is 24.4 Å². The van der Waals surface area contributed by atoms with Crippen molar-refractivity contribution < 1.29 is 13.2 Å². The molecular weight excluding hydrogens is 345 g/mol. The maximum absolute atomic E-state index is 12.9. The molecule has 0 aliphatic heterocycles. The molecule has 1 fully saturated rings. The molecule has 2 aromatic rings. The van der Waals surface area contributed by atoms with Gasteiger partial charge >= 0.3 is 6.18 Å². The summed E-state index contributed by atoms with van der Waals surface area (Å²) in [6.45, 7) is 0.00432. The second kappa shape index (κ2) is 6.46. The molecule has 1 saturated carbocycles. The first kappa shape index (κ1) is 16.8. The number of fused-ring (bicyclic) bond motifs is 1. The molecule has 2 heterocycles. The van der Waals surface area contributed by atoms with E-state index >= 15 is 0 Å². The molecule has 0 atom stereocenters. The summed E-state index contributed by atoms with van der Waals surface area (Å²) in [5.41, 5.74) is 5.10. The second-order valence-corrected chi connectivity index (χ2v) is 6.12. The van der Waals surface area contributed by atoms with Crippen LogP contribution in [0.3, 0.4) is 0 Å². The van der Waals surface area contributed by atoms with Gasteiger partial charge in [-0.2, -0.15) is 13.2 Å². The van der Waals surface area contributed by atoms with E-state index in [1.54, 1.807) is 0 Å². The Morgan fingerprint density at radius 2 is 2.08 bits per heavy atom. The molecule has 0 amide bonds. The molecule has 0 saturated heterocycles. The van der Waals surface area contributed by atoms with Crippen molar-refractivity contribution in [1.29, 1.82) is 0 Å². The average Bonchev–Trinajstić information content (AvgIpc) is 3.13. The summed E-state index contributed by atoms with van der Waals surface area (Å²) in [6.07, 6.45) is 0.776. The van der Waals surface area contributed by atoms with Gasteiger partial charge in [0.05, 0.1) is 10.6 Å². The van der Waals surface area contributed by atoms with E-state index in [9.17, 15) is 13.2 Å². The fourth-order valence-electron chi connectivity index (χ4n) is 2.74. The van der Waals surface area contributed by atoms with Crippen LogP contribution in [-0.2, 0) is 12.7 Å². The maximum atomic E-state index is 12.9. The van der Waals surface area contributed by atoms with Crippen LogP contribution >= 0.6 is 11.6 Å². The molecular formula is C14H16ClF3N6. The first-order valence-electron chi connectivity index (χ1n) is 7.51. The van der Waals surface area contributed by atoms with Gasteiger partial charge in [0.25, 0.3) is 0 Å². The molecule has 0 aromatic carbocycles. The predicted molar refractivity (Wildman–Crippen MR) is 83.7 cm³/mol. The number of pyridine rings is 1. The topological polar surface area (TPSA) is 80.6 Å². The molecule has 2 aromatic heterocycles.